The van der Waals surface area contributed by atoms with Crippen LogP contribution in [0.25, 0.3) is 0 Å². The maximum absolute atomic E-state index is 13.6. The second-order valence-corrected chi connectivity index (χ2v) is 8.22. The third-order valence-electron chi connectivity index (χ3n) is 4.23. The lowest BCUT2D eigenvalue weighted by Crippen LogP contribution is -2.49. The number of hydrogen-bond donors (Lipinski definition) is 2. The van der Waals surface area contributed by atoms with Crippen LogP contribution in [0.1, 0.15) is 31.9 Å². The number of carbonyl (C=O) groups excluding carboxylic acids is 2. The Bertz CT molecular complexity index is 972. The Morgan fingerprint density at radius 1 is 1.28 bits per heavy atom. The monoisotopic (exact) mass is 420 g/mol. The zero-order chi connectivity index (χ0) is 21.3. The molecule has 0 aliphatic carbocycles. The van der Waals surface area contributed by atoms with Gasteiger partial charge in [0.1, 0.15) is 23.2 Å². The summed E-state index contributed by atoms with van der Waals surface area (Å²) in [5, 5.41) is 5.60. The molecule has 0 fully saturated rings. The van der Waals surface area contributed by atoms with E-state index in [1.165, 1.54) is 18.2 Å². The summed E-state index contributed by atoms with van der Waals surface area (Å²) in [5.41, 5.74) is 1.30. The normalized spacial score (nSPS) is 15.9. The van der Waals surface area contributed by atoms with Crippen molar-refractivity contribution in [1.82, 2.24) is 5.32 Å². The summed E-state index contributed by atoms with van der Waals surface area (Å²) in [6.07, 6.45) is -0.412. The van der Waals surface area contributed by atoms with Gasteiger partial charge in [-0.2, -0.15) is 0 Å². The van der Waals surface area contributed by atoms with Gasteiger partial charge in [0.2, 0.25) is 5.91 Å². The Kier molecular flexibility index (Phi) is 5.71. The smallest absolute Gasteiger partial charge is 0.408 e. The number of alkyl carbamates (subject to hydrolysis) is 1. The van der Waals surface area contributed by atoms with E-state index in [-0.39, 0.29) is 17.2 Å². The molecule has 6 nitrogen and oxygen atoms in total. The van der Waals surface area contributed by atoms with Crippen molar-refractivity contribution in [1.29, 1.82) is 0 Å². The van der Waals surface area contributed by atoms with Gasteiger partial charge in [-0.25, -0.2) is 9.18 Å². The first kappa shape index (κ1) is 20.9. The zero-order valence-electron chi connectivity index (χ0n) is 16.6. The Morgan fingerprint density at radius 3 is 2.69 bits per heavy atom. The Labute approximate surface area is 173 Å². The SMILES string of the molecule is Cc1ccc2c(c1Oc1cc(F)ccc1Cl)NC(=O)[C@H](NC(=O)OC(C)(C)C)C2. The fourth-order valence-corrected chi connectivity index (χ4v) is 3.08. The number of amides is 2. The maximum Gasteiger partial charge on any atom is 0.408 e. The second-order valence-electron chi connectivity index (χ2n) is 7.81. The van der Waals surface area contributed by atoms with Crippen molar-refractivity contribution in [2.24, 2.45) is 0 Å². The predicted octanol–water partition coefficient (Wildman–Crippen LogP) is 4.97. The van der Waals surface area contributed by atoms with Crippen molar-refractivity contribution in [2.75, 3.05) is 5.32 Å². The molecule has 2 aromatic rings. The number of fused-ring (bicyclic) bond motifs is 1. The molecule has 29 heavy (non-hydrogen) atoms. The van der Waals surface area contributed by atoms with Gasteiger partial charge in [-0.1, -0.05) is 23.7 Å². The topological polar surface area (TPSA) is 76.7 Å². The van der Waals surface area contributed by atoms with E-state index in [1.54, 1.807) is 27.7 Å². The summed E-state index contributed by atoms with van der Waals surface area (Å²) in [7, 11) is 0. The zero-order valence-corrected chi connectivity index (χ0v) is 17.3. The molecule has 3 rings (SSSR count). The van der Waals surface area contributed by atoms with Gasteiger partial charge >= 0.3 is 6.09 Å². The molecule has 1 heterocycles. The summed E-state index contributed by atoms with van der Waals surface area (Å²) in [6.45, 7) is 7.03. The molecule has 0 unspecified atom stereocenters. The predicted molar refractivity (Wildman–Crippen MR) is 108 cm³/mol. The van der Waals surface area contributed by atoms with Crippen molar-refractivity contribution >= 4 is 29.3 Å². The summed E-state index contributed by atoms with van der Waals surface area (Å²) >= 11 is 6.10. The van der Waals surface area contributed by atoms with Crippen LogP contribution in [0, 0.1) is 12.7 Å². The summed E-state index contributed by atoms with van der Waals surface area (Å²) in [4.78, 5) is 24.6. The molecular weight excluding hydrogens is 399 g/mol. The van der Waals surface area contributed by atoms with E-state index in [0.717, 1.165) is 11.1 Å². The van der Waals surface area contributed by atoms with Crippen molar-refractivity contribution in [3.63, 3.8) is 0 Å². The number of ether oxygens (including phenoxy) is 2. The summed E-state index contributed by atoms with van der Waals surface area (Å²) in [5.74, 6) is -0.368. The molecule has 0 saturated carbocycles. The first-order chi connectivity index (χ1) is 13.5. The Balaban J connectivity index is 1.86. The fraction of sp³-hybridized carbons (Fsp3) is 0.333. The molecule has 1 aliphatic heterocycles. The van der Waals surface area contributed by atoms with Gasteiger partial charge < -0.3 is 20.1 Å². The lowest BCUT2D eigenvalue weighted by atomic mass is 9.96. The molecule has 8 heteroatoms. The fourth-order valence-electron chi connectivity index (χ4n) is 2.92. The molecular formula is C21H22ClFN2O4. The van der Waals surface area contributed by atoms with Crippen LogP contribution in [0.5, 0.6) is 11.5 Å². The van der Waals surface area contributed by atoms with Gasteiger partial charge in [-0.3, -0.25) is 4.79 Å². The Morgan fingerprint density at radius 2 is 2.00 bits per heavy atom. The molecule has 0 saturated heterocycles. The molecule has 0 aromatic heterocycles. The van der Waals surface area contributed by atoms with Gasteiger partial charge in [0.15, 0.2) is 5.75 Å². The first-order valence-electron chi connectivity index (χ1n) is 9.09. The van der Waals surface area contributed by atoms with Crippen LogP contribution >= 0.6 is 11.6 Å². The van der Waals surface area contributed by atoms with Crippen LogP contribution in [-0.4, -0.2) is 23.6 Å². The molecule has 2 N–H and O–H groups in total. The van der Waals surface area contributed by atoms with Crippen LogP contribution in [0.4, 0.5) is 14.9 Å². The molecule has 1 atom stereocenters. The number of halogens is 2. The largest absolute Gasteiger partial charge is 0.453 e. The van der Waals surface area contributed by atoms with Crippen molar-refractivity contribution in [3.8, 4) is 11.5 Å². The molecule has 0 radical (unpaired) electrons. The van der Waals surface area contributed by atoms with Gasteiger partial charge in [0.05, 0.1) is 10.7 Å². The number of anilines is 1. The van der Waals surface area contributed by atoms with E-state index < -0.39 is 29.5 Å². The average molecular weight is 421 g/mol. The van der Waals surface area contributed by atoms with Crippen molar-refractivity contribution in [3.05, 3.63) is 52.3 Å². The van der Waals surface area contributed by atoms with Crippen LogP contribution in [0.2, 0.25) is 5.02 Å². The van der Waals surface area contributed by atoms with E-state index in [2.05, 4.69) is 10.6 Å². The van der Waals surface area contributed by atoms with Gasteiger partial charge in [-0.15, -0.1) is 0 Å². The number of hydrogen-bond acceptors (Lipinski definition) is 4. The minimum Gasteiger partial charge on any atom is -0.453 e. The quantitative estimate of drug-likeness (QED) is 0.735. The third-order valence-corrected chi connectivity index (χ3v) is 4.54. The molecule has 154 valence electrons. The van der Waals surface area contributed by atoms with E-state index in [1.807, 2.05) is 12.1 Å². The number of carbonyl (C=O) groups is 2. The molecule has 0 spiro atoms. The highest BCUT2D eigenvalue weighted by Crippen LogP contribution is 2.40. The number of rotatable bonds is 3. The lowest BCUT2D eigenvalue weighted by molar-refractivity contribution is -0.118. The van der Waals surface area contributed by atoms with Crippen LogP contribution in [0.15, 0.2) is 30.3 Å². The van der Waals surface area contributed by atoms with E-state index in [0.29, 0.717) is 11.4 Å². The summed E-state index contributed by atoms with van der Waals surface area (Å²) < 4.78 is 24.7. The van der Waals surface area contributed by atoms with E-state index in [9.17, 15) is 14.0 Å². The standard InChI is InChI=1S/C21H22ClFN2O4/c1-11-5-6-12-9-15(24-20(27)29-21(2,3)4)19(26)25-17(12)18(11)28-16-10-13(23)7-8-14(16)22/h5-8,10,15H,9H2,1-4H3,(H,24,27)(H,25,26)/t15-/m1/s1. The van der Waals surface area contributed by atoms with E-state index >= 15 is 0 Å². The molecule has 1 aliphatic rings. The highest BCUT2D eigenvalue weighted by atomic mass is 35.5. The van der Waals surface area contributed by atoms with Crippen molar-refractivity contribution in [2.45, 2.75) is 45.8 Å². The van der Waals surface area contributed by atoms with E-state index in [4.69, 9.17) is 21.1 Å². The number of aryl methyl sites for hydroxylation is 1. The average Bonchev–Trinajstić information content (AvgIpc) is 2.60. The Hall–Kier alpha value is -2.80. The van der Waals surface area contributed by atoms with Gasteiger partial charge in [0.25, 0.3) is 0 Å². The highest BCUT2D eigenvalue weighted by molar-refractivity contribution is 6.32. The van der Waals surface area contributed by atoms with Crippen LogP contribution in [-0.2, 0) is 16.0 Å². The summed E-state index contributed by atoms with van der Waals surface area (Å²) in [6, 6.07) is 6.69. The minimum absolute atomic E-state index is 0.145. The first-order valence-corrected chi connectivity index (χ1v) is 9.47. The van der Waals surface area contributed by atoms with Crippen LogP contribution in [0.3, 0.4) is 0 Å². The third kappa shape index (κ3) is 4.98. The molecule has 2 aromatic carbocycles. The van der Waals surface area contributed by atoms with Gasteiger partial charge in [0, 0.05) is 12.5 Å². The van der Waals surface area contributed by atoms with Gasteiger partial charge in [-0.05, 0) is 51.0 Å². The molecule has 0 bridgehead atoms. The van der Waals surface area contributed by atoms with Crippen molar-refractivity contribution < 1.29 is 23.5 Å². The highest BCUT2D eigenvalue weighted by Gasteiger charge is 2.31. The maximum atomic E-state index is 13.6. The minimum atomic E-state index is -0.786. The molecule has 2 amide bonds. The second kappa shape index (κ2) is 7.91. The number of benzene rings is 2. The lowest BCUT2D eigenvalue weighted by Gasteiger charge is -2.28. The number of nitrogens with one attached hydrogen (secondary N) is 2. The van der Waals surface area contributed by atoms with Crippen LogP contribution < -0.4 is 15.4 Å².